The van der Waals surface area contributed by atoms with Gasteiger partial charge in [-0.25, -0.2) is 4.98 Å². The molecular weight excluding hydrogens is 288 g/mol. The highest BCUT2D eigenvalue weighted by molar-refractivity contribution is 6.34. The molecule has 21 heavy (non-hydrogen) atoms. The summed E-state index contributed by atoms with van der Waals surface area (Å²) in [5.41, 5.74) is 7.59. The number of amidine groups is 1. The molecule has 5 nitrogen and oxygen atoms in total. The third kappa shape index (κ3) is 2.68. The molecule has 1 aromatic carbocycles. The van der Waals surface area contributed by atoms with Crippen LogP contribution in [0.15, 0.2) is 48.8 Å². The Hall–Kier alpha value is -2.53. The van der Waals surface area contributed by atoms with Crippen LogP contribution in [0, 0.1) is 5.41 Å². The zero-order chi connectivity index (χ0) is 14.8. The summed E-state index contributed by atoms with van der Waals surface area (Å²) in [5, 5.41) is 7.98. The minimum Gasteiger partial charge on any atom is -0.486 e. The molecule has 2 heterocycles. The maximum absolute atomic E-state index is 7.58. The van der Waals surface area contributed by atoms with Crippen molar-refractivity contribution >= 4 is 23.1 Å². The molecule has 0 saturated heterocycles. The number of benzene rings is 1. The summed E-state index contributed by atoms with van der Waals surface area (Å²) >= 11 is 6.05. The van der Waals surface area contributed by atoms with Gasteiger partial charge in [0.2, 0.25) is 0 Å². The van der Waals surface area contributed by atoms with Gasteiger partial charge in [-0.05, 0) is 24.3 Å². The molecule has 0 radical (unpaired) electrons. The minimum absolute atomic E-state index is 0.120. The van der Waals surface area contributed by atoms with E-state index in [2.05, 4.69) is 4.98 Å². The number of nitrogen functional groups attached to an aromatic ring is 1. The van der Waals surface area contributed by atoms with E-state index in [-0.39, 0.29) is 12.4 Å². The Kier molecular flexibility index (Phi) is 3.50. The van der Waals surface area contributed by atoms with Gasteiger partial charge in [-0.3, -0.25) is 5.41 Å². The molecular formula is C15H13ClN4O. The Morgan fingerprint density at radius 3 is 2.90 bits per heavy atom. The third-order valence-corrected chi connectivity index (χ3v) is 3.35. The predicted octanol–water partition coefficient (Wildman–Crippen LogP) is 2.85. The fourth-order valence-corrected chi connectivity index (χ4v) is 2.36. The molecule has 0 bridgehead atoms. The first-order valence-electron chi connectivity index (χ1n) is 6.33. The number of aromatic nitrogens is 2. The van der Waals surface area contributed by atoms with E-state index < -0.39 is 0 Å². The molecule has 0 unspecified atom stereocenters. The summed E-state index contributed by atoms with van der Waals surface area (Å²) in [6, 6.07) is 11.0. The molecule has 0 fully saturated rings. The topological polar surface area (TPSA) is 76.4 Å². The van der Waals surface area contributed by atoms with Gasteiger partial charge in [-0.2, -0.15) is 0 Å². The van der Waals surface area contributed by atoms with Crippen molar-refractivity contribution in [1.82, 2.24) is 9.38 Å². The number of rotatable bonds is 4. The number of hydrogen-bond donors (Lipinski definition) is 2. The van der Waals surface area contributed by atoms with Crippen LogP contribution in [0.3, 0.4) is 0 Å². The van der Waals surface area contributed by atoms with E-state index in [9.17, 15) is 0 Å². The number of nitrogens with one attached hydrogen (secondary N) is 1. The summed E-state index contributed by atoms with van der Waals surface area (Å²) in [6.07, 6.45) is 3.82. The lowest BCUT2D eigenvalue weighted by atomic mass is 10.2. The van der Waals surface area contributed by atoms with E-state index in [0.29, 0.717) is 16.3 Å². The van der Waals surface area contributed by atoms with E-state index in [4.69, 9.17) is 27.5 Å². The van der Waals surface area contributed by atoms with Gasteiger partial charge in [-0.15, -0.1) is 0 Å². The maximum Gasteiger partial charge on any atom is 0.137 e. The van der Waals surface area contributed by atoms with Crippen molar-refractivity contribution in [2.45, 2.75) is 6.61 Å². The molecule has 0 aliphatic rings. The summed E-state index contributed by atoms with van der Waals surface area (Å²) in [5.74, 6) is 0.359. The molecule has 3 aromatic rings. The molecule has 2 aromatic heterocycles. The SMILES string of the molecule is N=C(N)c1c(Cl)cccc1OCc1cn2ccccc2n1. The number of fused-ring (bicyclic) bond motifs is 1. The van der Waals surface area contributed by atoms with Crippen LogP contribution in [-0.2, 0) is 6.61 Å². The van der Waals surface area contributed by atoms with E-state index in [0.717, 1.165) is 11.3 Å². The van der Waals surface area contributed by atoms with Crippen LogP contribution in [0.4, 0.5) is 0 Å². The van der Waals surface area contributed by atoms with Crippen molar-refractivity contribution in [3.05, 3.63) is 65.1 Å². The molecule has 106 valence electrons. The summed E-state index contributed by atoms with van der Waals surface area (Å²) < 4.78 is 7.63. The van der Waals surface area contributed by atoms with Crippen LogP contribution >= 0.6 is 11.6 Å². The molecule has 3 rings (SSSR count). The minimum atomic E-state index is -0.120. The monoisotopic (exact) mass is 300 g/mol. The zero-order valence-electron chi connectivity index (χ0n) is 11.1. The Labute approximate surface area is 126 Å². The average molecular weight is 301 g/mol. The second-order valence-corrected chi connectivity index (χ2v) is 4.92. The number of imidazole rings is 1. The Morgan fingerprint density at radius 1 is 1.29 bits per heavy atom. The van der Waals surface area contributed by atoms with Gasteiger partial charge >= 0.3 is 0 Å². The average Bonchev–Trinajstić information content (AvgIpc) is 2.87. The summed E-state index contributed by atoms with van der Waals surface area (Å²) in [6.45, 7) is 0.280. The molecule has 0 aliphatic carbocycles. The number of nitrogens with zero attached hydrogens (tertiary/aromatic N) is 2. The lowest BCUT2D eigenvalue weighted by Crippen LogP contribution is -2.14. The van der Waals surface area contributed by atoms with Crippen LogP contribution in [0.25, 0.3) is 5.65 Å². The van der Waals surface area contributed by atoms with Gasteiger partial charge in [0.1, 0.15) is 23.8 Å². The van der Waals surface area contributed by atoms with E-state index >= 15 is 0 Å². The molecule has 0 saturated carbocycles. The van der Waals surface area contributed by atoms with E-state index in [1.165, 1.54) is 0 Å². The quantitative estimate of drug-likeness (QED) is 0.574. The number of halogens is 1. The van der Waals surface area contributed by atoms with Gasteiger partial charge in [0.25, 0.3) is 0 Å². The molecule has 0 atom stereocenters. The third-order valence-electron chi connectivity index (χ3n) is 3.03. The van der Waals surface area contributed by atoms with Gasteiger partial charge in [0.05, 0.1) is 16.3 Å². The largest absolute Gasteiger partial charge is 0.486 e. The number of pyridine rings is 1. The highest BCUT2D eigenvalue weighted by Crippen LogP contribution is 2.26. The Morgan fingerprint density at radius 2 is 2.14 bits per heavy atom. The predicted molar refractivity (Wildman–Crippen MR) is 82.0 cm³/mol. The molecule has 3 N–H and O–H groups in total. The summed E-state index contributed by atoms with van der Waals surface area (Å²) in [4.78, 5) is 4.44. The lowest BCUT2D eigenvalue weighted by Gasteiger charge is -2.10. The van der Waals surface area contributed by atoms with E-state index in [1.807, 2.05) is 35.0 Å². The van der Waals surface area contributed by atoms with E-state index in [1.54, 1.807) is 18.2 Å². The lowest BCUT2D eigenvalue weighted by molar-refractivity contribution is 0.301. The smallest absolute Gasteiger partial charge is 0.137 e. The number of hydrogen-bond acceptors (Lipinski definition) is 3. The van der Waals surface area contributed by atoms with Gasteiger partial charge in [0, 0.05) is 12.4 Å². The Balaban J connectivity index is 1.85. The van der Waals surface area contributed by atoms with Gasteiger partial charge in [0.15, 0.2) is 0 Å². The molecule has 6 heteroatoms. The fourth-order valence-electron chi connectivity index (χ4n) is 2.09. The first-order valence-corrected chi connectivity index (χ1v) is 6.71. The van der Waals surface area contributed by atoms with Crippen LogP contribution in [0.5, 0.6) is 5.75 Å². The summed E-state index contributed by atoms with van der Waals surface area (Å²) in [7, 11) is 0. The normalized spacial score (nSPS) is 10.7. The number of ether oxygens (including phenoxy) is 1. The van der Waals surface area contributed by atoms with Crippen molar-refractivity contribution < 1.29 is 4.74 Å². The highest BCUT2D eigenvalue weighted by Gasteiger charge is 2.12. The Bertz CT molecular complexity index is 779. The van der Waals surface area contributed by atoms with Crippen LogP contribution in [0.1, 0.15) is 11.3 Å². The van der Waals surface area contributed by atoms with Crippen molar-refractivity contribution in [2.24, 2.45) is 5.73 Å². The highest BCUT2D eigenvalue weighted by atomic mass is 35.5. The van der Waals surface area contributed by atoms with Gasteiger partial charge in [-0.1, -0.05) is 23.7 Å². The van der Waals surface area contributed by atoms with Crippen molar-refractivity contribution in [3.63, 3.8) is 0 Å². The first kappa shape index (κ1) is 13.5. The second-order valence-electron chi connectivity index (χ2n) is 4.51. The van der Waals surface area contributed by atoms with Crippen LogP contribution < -0.4 is 10.5 Å². The molecule has 0 aliphatic heterocycles. The zero-order valence-corrected chi connectivity index (χ0v) is 11.8. The van der Waals surface area contributed by atoms with Crippen molar-refractivity contribution in [2.75, 3.05) is 0 Å². The van der Waals surface area contributed by atoms with Crippen LogP contribution in [-0.4, -0.2) is 15.2 Å². The van der Waals surface area contributed by atoms with Gasteiger partial charge < -0.3 is 14.9 Å². The second kappa shape index (κ2) is 5.46. The molecule has 0 spiro atoms. The first-order chi connectivity index (χ1) is 10.1. The fraction of sp³-hybridized carbons (Fsp3) is 0.0667. The van der Waals surface area contributed by atoms with Crippen molar-refractivity contribution in [1.29, 1.82) is 5.41 Å². The van der Waals surface area contributed by atoms with Crippen molar-refractivity contribution in [3.8, 4) is 5.75 Å². The molecule has 0 amide bonds. The standard InChI is InChI=1S/C15H13ClN4O/c16-11-4-3-5-12(14(11)15(17)18)21-9-10-8-20-7-2-1-6-13(20)19-10/h1-8H,9H2,(H3,17,18). The number of nitrogens with two attached hydrogens (primary N) is 1. The van der Waals surface area contributed by atoms with Crippen LogP contribution in [0.2, 0.25) is 5.02 Å². The maximum atomic E-state index is 7.58.